The van der Waals surface area contributed by atoms with Gasteiger partial charge in [-0.3, -0.25) is 0 Å². The van der Waals surface area contributed by atoms with E-state index in [1.165, 1.54) is 0 Å². The van der Waals surface area contributed by atoms with Crippen molar-refractivity contribution in [2.24, 2.45) is 0 Å². The van der Waals surface area contributed by atoms with E-state index in [1.807, 2.05) is 31.2 Å². The van der Waals surface area contributed by atoms with Crippen molar-refractivity contribution in [3.63, 3.8) is 0 Å². The van der Waals surface area contributed by atoms with Crippen molar-refractivity contribution in [2.45, 2.75) is 20.0 Å². The van der Waals surface area contributed by atoms with Crippen LogP contribution < -0.4 is 4.74 Å². The van der Waals surface area contributed by atoms with Crippen molar-refractivity contribution < 1.29 is 14.6 Å². The van der Waals surface area contributed by atoms with Gasteiger partial charge in [0.1, 0.15) is 5.75 Å². The minimum absolute atomic E-state index is 0.250. The summed E-state index contributed by atoms with van der Waals surface area (Å²) < 4.78 is 10.4. The molecule has 0 radical (unpaired) electrons. The molecular formula is C11H16O3. The Labute approximate surface area is 84.3 Å². The second kappa shape index (κ2) is 5.62. The predicted octanol–water partition coefficient (Wildman–Crippen LogP) is 2.11. The van der Waals surface area contributed by atoms with Crippen LogP contribution in [0.2, 0.25) is 0 Å². The molecule has 0 aliphatic carbocycles. The van der Waals surface area contributed by atoms with Gasteiger partial charge in [0.05, 0.1) is 6.10 Å². The first-order valence-corrected chi connectivity index (χ1v) is 4.72. The van der Waals surface area contributed by atoms with E-state index < -0.39 is 6.10 Å². The van der Waals surface area contributed by atoms with Gasteiger partial charge in [0, 0.05) is 6.61 Å². The number of aliphatic hydroxyl groups excluding tert-OH is 1. The van der Waals surface area contributed by atoms with Crippen molar-refractivity contribution >= 4 is 0 Å². The van der Waals surface area contributed by atoms with Crippen LogP contribution >= 0.6 is 0 Å². The van der Waals surface area contributed by atoms with Gasteiger partial charge in [-0.1, -0.05) is 12.1 Å². The number of hydrogen-bond donors (Lipinski definition) is 1. The summed E-state index contributed by atoms with van der Waals surface area (Å²) in [4.78, 5) is 0. The van der Waals surface area contributed by atoms with Gasteiger partial charge in [-0.2, -0.15) is 0 Å². The maximum Gasteiger partial charge on any atom is 0.189 e. The van der Waals surface area contributed by atoms with E-state index >= 15 is 0 Å². The Kier molecular flexibility index (Phi) is 4.43. The molecule has 0 unspecified atom stereocenters. The van der Waals surface area contributed by atoms with E-state index in [9.17, 15) is 5.11 Å². The highest BCUT2D eigenvalue weighted by molar-refractivity contribution is 5.29. The molecule has 1 N–H and O–H groups in total. The van der Waals surface area contributed by atoms with E-state index in [0.29, 0.717) is 6.61 Å². The molecule has 0 spiro atoms. The second-order valence-electron chi connectivity index (χ2n) is 3.00. The quantitative estimate of drug-likeness (QED) is 0.579. The van der Waals surface area contributed by atoms with Crippen molar-refractivity contribution in [3.8, 4) is 5.75 Å². The zero-order chi connectivity index (χ0) is 10.4. The first-order valence-electron chi connectivity index (χ1n) is 4.72. The van der Waals surface area contributed by atoms with Gasteiger partial charge in [0.15, 0.2) is 6.79 Å². The lowest BCUT2D eigenvalue weighted by Gasteiger charge is -2.09. The van der Waals surface area contributed by atoms with Crippen LogP contribution in [0.5, 0.6) is 5.75 Å². The third kappa shape index (κ3) is 3.36. The van der Waals surface area contributed by atoms with Gasteiger partial charge < -0.3 is 14.6 Å². The molecule has 3 nitrogen and oxygen atoms in total. The van der Waals surface area contributed by atoms with E-state index in [-0.39, 0.29) is 6.79 Å². The Balaban J connectivity index is 2.55. The number of ether oxygens (including phenoxy) is 2. The van der Waals surface area contributed by atoms with Gasteiger partial charge in [0.2, 0.25) is 0 Å². The van der Waals surface area contributed by atoms with Gasteiger partial charge >= 0.3 is 0 Å². The Morgan fingerprint density at radius 3 is 2.86 bits per heavy atom. The van der Waals surface area contributed by atoms with Crippen LogP contribution in [0.1, 0.15) is 25.5 Å². The van der Waals surface area contributed by atoms with Gasteiger partial charge in [-0.05, 0) is 31.5 Å². The first-order chi connectivity index (χ1) is 6.74. The molecule has 0 saturated carbocycles. The second-order valence-corrected chi connectivity index (χ2v) is 3.00. The van der Waals surface area contributed by atoms with Crippen LogP contribution in [0.25, 0.3) is 0 Å². The van der Waals surface area contributed by atoms with Crippen molar-refractivity contribution in [1.29, 1.82) is 0 Å². The molecule has 0 amide bonds. The topological polar surface area (TPSA) is 38.7 Å². The molecular weight excluding hydrogens is 180 g/mol. The van der Waals surface area contributed by atoms with Crippen LogP contribution in [0.3, 0.4) is 0 Å². The summed E-state index contributed by atoms with van der Waals surface area (Å²) in [6, 6.07) is 7.36. The number of aliphatic hydroxyl groups is 1. The molecule has 1 rings (SSSR count). The van der Waals surface area contributed by atoms with Gasteiger partial charge in [0.25, 0.3) is 0 Å². The summed E-state index contributed by atoms with van der Waals surface area (Å²) in [5, 5.41) is 9.33. The molecule has 78 valence electrons. The first kappa shape index (κ1) is 11.0. The lowest BCUT2D eigenvalue weighted by molar-refractivity contribution is 0.0222. The summed E-state index contributed by atoms with van der Waals surface area (Å²) in [5.74, 6) is 0.719. The summed E-state index contributed by atoms with van der Waals surface area (Å²) in [5.41, 5.74) is 0.846. The Hall–Kier alpha value is -1.06. The van der Waals surface area contributed by atoms with Crippen LogP contribution in [-0.2, 0) is 4.74 Å². The molecule has 14 heavy (non-hydrogen) atoms. The maximum absolute atomic E-state index is 9.33. The van der Waals surface area contributed by atoms with E-state index in [2.05, 4.69) is 0 Å². The lowest BCUT2D eigenvalue weighted by atomic mass is 10.1. The smallest absolute Gasteiger partial charge is 0.189 e. The van der Waals surface area contributed by atoms with Gasteiger partial charge in [-0.25, -0.2) is 0 Å². The Bertz CT molecular complexity index is 271. The number of rotatable bonds is 5. The molecule has 0 aromatic heterocycles. The molecule has 3 heteroatoms. The third-order valence-electron chi connectivity index (χ3n) is 1.85. The van der Waals surface area contributed by atoms with Crippen LogP contribution in [0.15, 0.2) is 24.3 Å². The van der Waals surface area contributed by atoms with Gasteiger partial charge in [-0.15, -0.1) is 0 Å². The minimum Gasteiger partial charge on any atom is -0.468 e. The zero-order valence-electron chi connectivity index (χ0n) is 8.56. The molecule has 0 fully saturated rings. The summed E-state index contributed by atoms with van der Waals surface area (Å²) in [6.45, 7) is 4.52. The summed E-state index contributed by atoms with van der Waals surface area (Å²) in [7, 11) is 0. The fourth-order valence-electron chi connectivity index (χ4n) is 1.06. The summed E-state index contributed by atoms with van der Waals surface area (Å²) in [6.07, 6.45) is -0.467. The highest BCUT2D eigenvalue weighted by atomic mass is 16.7. The fraction of sp³-hybridized carbons (Fsp3) is 0.455. The van der Waals surface area contributed by atoms with Crippen molar-refractivity contribution in [3.05, 3.63) is 29.8 Å². The van der Waals surface area contributed by atoms with E-state index in [1.54, 1.807) is 6.92 Å². The highest BCUT2D eigenvalue weighted by Gasteiger charge is 2.01. The molecule has 0 bridgehead atoms. The van der Waals surface area contributed by atoms with Crippen molar-refractivity contribution in [1.82, 2.24) is 0 Å². The average Bonchev–Trinajstić information content (AvgIpc) is 2.19. The highest BCUT2D eigenvalue weighted by Crippen LogP contribution is 2.18. The molecule has 1 aromatic rings. The number of hydrogen-bond acceptors (Lipinski definition) is 3. The molecule has 0 aliphatic rings. The van der Waals surface area contributed by atoms with Crippen LogP contribution in [0, 0.1) is 0 Å². The molecule has 1 aromatic carbocycles. The Morgan fingerprint density at radius 2 is 2.21 bits per heavy atom. The largest absolute Gasteiger partial charge is 0.468 e. The minimum atomic E-state index is -0.467. The van der Waals surface area contributed by atoms with Crippen LogP contribution in [-0.4, -0.2) is 18.5 Å². The standard InChI is InChI=1S/C11H16O3/c1-3-13-8-14-11-6-4-5-10(7-11)9(2)12/h4-7,9,12H,3,8H2,1-2H3/t9-/m1/s1. The summed E-state index contributed by atoms with van der Waals surface area (Å²) >= 11 is 0. The molecule has 0 saturated heterocycles. The van der Waals surface area contributed by atoms with E-state index in [4.69, 9.17) is 9.47 Å². The zero-order valence-corrected chi connectivity index (χ0v) is 8.56. The fourth-order valence-corrected chi connectivity index (χ4v) is 1.06. The monoisotopic (exact) mass is 196 g/mol. The Morgan fingerprint density at radius 1 is 1.43 bits per heavy atom. The van der Waals surface area contributed by atoms with E-state index in [0.717, 1.165) is 11.3 Å². The lowest BCUT2D eigenvalue weighted by Crippen LogP contribution is -2.02. The maximum atomic E-state index is 9.33. The molecule has 0 aliphatic heterocycles. The third-order valence-corrected chi connectivity index (χ3v) is 1.85. The van der Waals surface area contributed by atoms with Crippen LogP contribution in [0.4, 0.5) is 0 Å². The molecule has 1 atom stereocenters. The predicted molar refractivity (Wildman–Crippen MR) is 54.2 cm³/mol. The van der Waals surface area contributed by atoms with Crippen molar-refractivity contribution in [2.75, 3.05) is 13.4 Å². The normalized spacial score (nSPS) is 12.5. The number of benzene rings is 1. The average molecular weight is 196 g/mol. The molecule has 0 heterocycles. The SMILES string of the molecule is CCOCOc1cccc([C@@H](C)O)c1.